The number of nitrogens with one attached hydrogen (secondary N) is 1. The summed E-state index contributed by atoms with van der Waals surface area (Å²) in [6, 6.07) is 14.0. The Morgan fingerprint density at radius 3 is 2.50 bits per heavy atom. The highest BCUT2D eigenvalue weighted by atomic mass is 16.2. The zero-order valence-electron chi connectivity index (χ0n) is 14.2. The van der Waals surface area contributed by atoms with Crippen LogP contribution in [-0.2, 0) is 0 Å². The van der Waals surface area contributed by atoms with Crippen LogP contribution in [0.5, 0.6) is 0 Å². The summed E-state index contributed by atoms with van der Waals surface area (Å²) in [6.07, 6.45) is 8.15. The standard InChI is InChI=1S/C20H25N3O/c1-2-23(18-11-7-4-8-12-18)20(24)19-14-13-17(15-21-19)22-16-9-5-3-6-10-16/h4,7-8,11-16,22H,2-3,5-6,9-10H2,1H3. The zero-order chi connectivity index (χ0) is 16.8. The number of benzene rings is 1. The quantitative estimate of drug-likeness (QED) is 0.881. The smallest absolute Gasteiger partial charge is 0.276 e. The predicted molar refractivity (Wildman–Crippen MR) is 98.5 cm³/mol. The summed E-state index contributed by atoms with van der Waals surface area (Å²) >= 11 is 0. The number of amides is 1. The third-order valence-electron chi connectivity index (χ3n) is 4.59. The summed E-state index contributed by atoms with van der Waals surface area (Å²) in [5.74, 6) is -0.0621. The average molecular weight is 323 g/mol. The fourth-order valence-electron chi connectivity index (χ4n) is 3.28. The second-order valence-electron chi connectivity index (χ2n) is 6.30. The second kappa shape index (κ2) is 7.95. The Labute approximate surface area is 143 Å². The Morgan fingerprint density at radius 1 is 1.12 bits per heavy atom. The van der Waals surface area contributed by atoms with Gasteiger partial charge >= 0.3 is 0 Å². The largest absolute Gasteiger partial charge is 0.381 e. The van der Waals surface area contributed by atoms with Crippen LogP contribution in [0, 0.1) is 0 Å². The average Bonchev–Trinajstić information content (AvgIpc) is 2.65. The molecule has 2 aromatic rings. The zero-order valence-corrected chi connectivity index (χ0v) is 14.2. The van der Waals surface area contributed by atoms with E-state index in [4.69, 9.17) is 0 Å². The van der Waals surface area contributed by atoms with Crippen LogP contribution in [-0.4, -0.2) is 23.5 Å². The van der Waals surface area contributed by atoms with Gasteiger partial charge in [-0.1, -0.05) is 37.5 Å². The van der Waals surface area contributed by atoms with Gasteiger partial charge in [0.25, 0.3) is 5.91 Å². The molecule has 1 N–H and O–H groups in total. The molecule has 0 aliphatic heterocycles. The van der Waals surface area contributed by atoms with Crippen molar-refractivity contribution in [2.24, 2.45) is 0 Å². The van der Waals surface area contributed by atoms with Gasteiger partial charge in [-0.25, -0.2) is 4.98 Å². The molecule has 1 aliphatic carbocycles. The molecule has 1 fully saturated rings. The first-order valence-corrected chi connectivity index (χ1v) is 8.87. The van der Waals surface area contributed by atoms with E-state index < -0.39 is 0 Å². The Morgan fingerprint density at radius 2 is 1.88 bits per heavy atom. The first kappa shape index (κ1) is 16.5. The van der Waals surface area contributed by atoms with E-state index in [0.29, 0.717) is 18.3 Å². The van der Waals surface area contributed by atoms with Crippen LogP contribution in [0.2, 0.25) is 0 Å². The minimum Gasteiger partial charge on any atom is -0.381 e. The maximum Gasteiger partial charge on any atom is 0.276 e. The molecule has 3 rings (SSSR count). The summed E-state index contributed by atoms with van der Waals surface area (Å²) in [5.41, 5.74) is 2.38. The number of nitrogens with zero attached hydrogens (tertiary/aromatic N) is 2. The molecule has 1 heterocycles. The third-order valence-corrected chi connectivity index (χ3v) is 4.59. The number of hydrogen-bond acceptors (Lipinski definition) is 3. The molecule has 0 spiro atoms. The molecule has 0 atom stereocenters. The molecular weight excluding hydrogens is 298 g/mol. The van der Waals surface area contributed by atoms with Crippen LogP contribution in [0.3, 0.4) is 0 Å². The first-order valence-electron chi connectivity index (χ1n) is 8.87. The van der Waals surface area contributed by atoms with Crippen molar-refractivity contribution in [3.63, 3.8) is 0 Å². The highest BCUT2D eigenvalue weighted by Crippen LogP contribution is 2.22. The van der Waals surface area contributed by atoms with E-state index in [1.54, 1.807) is 11.1 Å². The van der Waals surface area contributed by atoms with Crippen LogP contribution in [0.15, 0.2) is 48.7 Å². The van der Waals surface area contributed by atoms with Gasteiger partial charge in [0.15, 0.2) is 0 Å². The Bertz CT molecular complexity index is 648. The van der Waals surface area contributed by atoms with Gasteiger partial charge in [0.1, 0.15) is 5.69 Å². The van der Waals surface area contributed by atoms with Gasteiger partial charge in [0.05, 0.1) is 11.9 Å². The number of carbonyl (C=O) groups excluding carboxylic acids is 1. The van der Waals surface area contributed by atoms with Gasteiger partial charge in [0.2, 0.25) is 0 Å². The van der Waals surface area contributed by atoms with Gasteiger partial charge in [-0.2, -0.15) is 0 Å². The van der Waals surface area contributed by atoms with Crippen molar-refractivity contribution in [2.75, 3.05) is 16.8 Å². The summed E-state index contributed by atoms with van der Waals surface area (Å²) in [5, 5.41) is 3.53. The molecule has 4 nitrogen and oxygen atoms in total. The van der Waals surface area contributed by atoms with Gasteiger partial charge in [-0.15, -0.1) is 0 Å². The maximum atomic E-state index is 12.7. The van der Waals surface area contributed by atoms with E-state index in [9.17, 15) is 4.79 Å². The molecule has 1 aliphatic rings. The molecule has 4 heteroatoms. The van der Waals surface area contributed by atoms with E-state index >= 15 is 0 Å². The van der Waals surface area contributed by atoms with Crippen molar-refractivity contribution in [1.29, 1.82) is 0 Å². The number of carbonyl (C=O) groups is 1. The third kappa shape index (κ3) is 3.94. The van der Waals surface area contributed by atoms with E-state index in [-0.39, 0.29) is 5.91 Å². The Kier molecular flexibility index (Phi) is 5.47. The van der Waals surface area contributed by atoms with Crippen LogP contribution >= 0.6 is 0 Å². The lowest BCUT2D eigenvalue weighted by atomic mass is 9.95. The molecule has 0 radical (unpaired) electrons. The fraction of sp³-hybridized carbons (Fsp3) is 0.400. The number of anilines is 2. The summed E-state index contributed by atoms with van der Waals surface area (Å²) in [7, 11) is 0. The second-order valence-corrected chi connectivity index (χ2v) is 6.30. The molecule has 1 amide bonds. The molecule has 1 aromatic heterocycles. The number of hydrogen-bond donors (Lipinski definition) is 1. The molecule has 1 saturated carbocycles. The van der Waals surface area contributed by atoms with Gasteiger partial charge in [0, 0.05) is 18.3 Å². The number of para-hydroxylation sites is 1. The van der Waals surface area contributed by atoms with Crippen LogP contribution < -0.4 is 10.2 Å². The van der Waals surface area contributed by atoms with Crippen molar-refractivity contribution in [3.8, 4) is 0 Å². The first-order chi connectivity index (χ1) is 11.8. The van der Waals surface area contributed by atoms with Crippen molar-refractivity contribution >= 4 is 17.3 Å². The van der Waals surface area contributed by atoms with E-state index in [1.807, 2.05) is 49.4 Å². The monoisotopic (exact) mass is 323 g/mol. The van der Waals surface area contributed by atoms with E-state index in [1.165, 1.54) is 32.1 Å². The normalized spacial score (nSPS) is 15.0. The molecule has 126 valence electrons. The highest BCUT2D eigenvalue weighted by Gasteiger charge is 2.18. The van der Waals surface area contributed by atoms with Crippen LogP contribution in [0.1, 0.15) is 49.5 Å². The van der Waals surface area contributed by atoms with Crippen LogP contribution in [0.25, 0.3) is 0 Å². The molecule has 0 saturated heterocycles. The van der Waals surface area contributed by atoms with Gasteiger partial charge < -0.3 is 10.2 Å². The molecule has 0 unspecified atom stereocenters. The highest BCUT2D eigenvalue weighted by molar-refractivity contribution is 6.04. The summed E-state index contributed by atoms with van der Waals surface area (Å²) in [4.78, 5) is 18.9. The van der Waals surface area contributed by atoms with E-state index in [0.717, 1.165) is 11.4 Å². The van der Waals surface area contributed by atoms with Crippen molar-refractivity contribution < 1.29 is 4.79 Å². The van der Waals surface area contributed by atoms with E-state index in [2.05, 4.69) is 10.3 Å². The van der Waals surface area contributed by atoms with Gasteiger partial charge in [-0.05, 0) is 44.0 Å². The number of pyridine rings is 1. The minimum atomic E-state index is -0.0621. The topological polar surface area (TPSA) is 45.2 Å². The molecule has 0 bridgehead atoms. The van der Waals surface area contributed by atoms with Crippen LogP contribution in [0.4, 0.5) is 11.4 Å². The maximum absolute atomic E-state index is 12.7. The Hall–Kier alpha value is -2.36. The summed E-state index contributed by atoms with van der Waals surface area (Å²) < 4.78 is 0. The number of aromatic nitrogens is 1. The Balaban J connectivity index is 1.68. The lowest BCUT2D eigenvalue weighted by molar-refractivity contribution is 0.0983. The fourth-order valence-corrected chi connectivity index (χ4v) is 3.28. The molecule has 1 aromatic carbocycles. The van der Waals surface area contributed by atoms with Crippen molar-refractivity contribution in [2.45, 2.75) is 45.1 Å². The SMILES string of the molecule is CCN(C(=O)c1ccc(NC2CCCCC2)cn1)c1ccccc1. The molecule has 24 heavy (non-hydrogen) atoms. The lowest BCUT2D eigenvalue weighted by Gasteiger charge is -2.24. The minimum absolute atomic E-state index is 0.0621. The number of rotatable bonds is 5. The van der Waals surface area contributed by atoms with Crippen molar-refractivity contribution in [3.05, 3.63) is 54.4 Å². The van der Waals surface area contributed by atoms with Gasteiger partial charge in [-0.3, -0.25) is 4.79 Å². The lowest BCUT2D eigenvalue weighted by Crippen LogP contribution is -2.31. The predicted octanol–water partition coefficient (Wildman–Crippen LogP) is 4.49. The van der Waals surface area contributed by atoms with Crippen molar-refractivity contribution in [1.82, 2.24) is 4.98 Å². The summed E-state index contributed by atoms with van der Waals surface area (Å²) in [6.45, 7) is 2.59. The molecular formula is C20H25N3O.